The summed E-state index contributed by atoms with van der Waals surface area (Å²) in [5.74, 6) is 0. The molecule has 0 radical (unpaired) electrons. The second-order valence-electron chi connectivity index (χ2n) is 0. The van der Waals surface area contributed by atoms with E-state index < -0.39 is 0 Å². The molecule has 0 amide bonds. The van der Waals surface area contributed by atoms with Gasteiger partial charge in [-0.3, -0.25) is 0 Å². The average molecular weight is 391 g/mol. The summed E-state index contributed by atoms with van der Waals surface area (Å²) in [6, 6.07) is 0. The predicted octanol–water partition coefficient (Wildman–Crippen LogP) is -0.0175. The van der Waals surface area contributed by atoms with Gasteiger partial charge in [-0.15, -0.1) is 0 Å². The SMILES string of the molecule is [Fe].[Fe].[Fe].[Fe].[Fe].[Fe].[Fe]. The Balaban J connectivity index is 0. The molecule has 0 bridgehead atoms. The van der Waals surface area contributed by atoms with E-state index in [-0.39, 0.29) is 119 Å². The Labute approximate surface area is 118 Å². The van der Waals surface area contributed by atoms with Crippen LogP contribution >= 0.6 is 0 Å². The molecule has 0 rings (SSSR count). The number of hydrogen-bond donors (Lipinski definition) is 0. The molecule has 0 atom stereocenters. The van der Waals surface area contributed by atoms with Crippen LogP contribution in [0.5, 0.6) is 0 Å². The molecule has 0 unspecified atom stereocenters. The molecule has 0 aromatic heterocycles. The van der Waals surface area contributed by atoms with Crippen molar-refractivity contribution in [3.63, 3.8) is 0 Å². The first kappa shape index (κ1) is 74.7. The van der Waals surface area contributed by atoms with E-state index in [9.17, 15) is 0 Å². The fourth-order valence-corrected chi connectivity index (χ4v) is 0. The molecular formula is Fe7. The van der Waals surface area contributed by atoms with Crippen molar-refractivity contribution >= 4 is 0 Å². The molecule has 7 heavy (non-hydrogen) atoms. The van der Waals surface area contributed by atoms with Crippen LogP contribution in [0.15, 0.2) is 0 Å². The van der Waals surface area contributed by atoms with Gasteiger partial charge in [-0.25, -0.2) is 0 Å². The van der Waals surface area contributed by atoms with Crippen LogP contribution in [0.3, 0.4) is 0 Å². The molecular weight excluding hydrogens is 391 g/mol. The van der Waals surface area contributed by atoms with Crippen molar-refractivity contribution in [1.29, 1.82) is 0 Å². The van der Waals surface area contributed by atoms with E-state index >= 15 is 0 Å². The van der Waals surface area contributed by atoms with Gasteiger partial charge in [0.2, 0.25) is 0 Å². The third-order valence-corrected chi connectivity index (χ3v) is 0. The molecule has 0 fully saturated rings. The maximum absolute atomic E-state index is 0. The van der Waals surface area contributed by atoms with Gasteiger partial charge in [-0.05, 0) is 0 Å². The fourth-order valence-electron chi connectivity index (χ4n) is 0. The molecule has 0 aliphatic carbocycles. The van der Waals surface area contributed by atoms with Gasteiger partial charge in [0.1, 0.15) is 0 Å². The number of hydrogen-bond acceptors (Lipinski definition) is 0. The van der Waals surface area contributed by atoms with Gasteiger partial charge in [0.15, 0.2) is 0 Å². The first-order valence-electron chi connectivity index (χ1n) is 0. The van der Waals surface area contributed by atoms with E-state index in [2.05, 4.69) is 0 Å². The Morgan fingerprint density at radius 2 is 0.143 bits per heavy atom. The van der Waals surface area contributed by atoms with Crippen molar-refractivity contribution in [2.45, 2.75) is 0 Å². The predicted molar refractivity (Wildman–Crippen MR) is 0 cm³/mol. The van der Waals surface area contributed by atoms with Crippen molar-refractivity contribution in [2.75, 3.05) is 0 Å². The van der Waals surface area contributed by atoms with Crippen LogP contribution < -0.4 is 0 Å². The summed E-state index contributed by atoms with van der Waals surface area (Å²) >= 11 is 0. The van der Waals surface area contributed by atoms with Crippen molar-refractivity contribution in [2.24, 2.45) is 0 Å². The second-order valence-corrected chi connectivity index (χ2v) is 0. The average Bonchev–Trinajstić information content (AvgIpc) is 0. The van der Waals surface area contributed by atoms with Crippen LogP contribution in [0.4, 0.5) is 0 Å². The first-order chi connectivity index (χ1) is 0. The minimum atomic E-state index is 0. The molecule has 0 spiro atoms. The van der Waals surface area contributed by atoms with Crippen LogP contribution in [-0.2, 0) is 119 Å². The smallest absolute Gasteiger partial charge is 0 e. The van der Waals surface area contributed by atoms with Gasteiger partial charge in [-0.2, -0.15) is 0 Å². The zero-order chi connectivity index (χ0) is 0. The summed E-state index contributed by atoms with van der Waals surface area (Å²) in [7, 11) is 0. The Bertz CT molecular complexity index is 0. The Hall–Kier alpha value is 3.64. The maximum atomic E-state index is 0. The first-order valence-corrected chi connectivity index (χ1v) is 0. The Morgan fingerprint density at radius 1 is 0.143 bits per heavy atom. The Morgan fingerprint density at radius 3 is 0.143 bits per heavy atom. The zero-order valence-corrected chi connectivity index (χ0v) is 10.2. The topological polar surface area (TPSA) is 0 Å². The normalized spacial score (nSPS) is 0. The Kier molecular flexibility index (Phi) is 580. The molecule has 0 nitrogen and oxygen atoms in total. The minimum Gasteiger partial charge on any atom is 0 e. The van der Waals surface area contributed by atoms with E-state index in [4.69, 9.17) is 0 Å². The molecule has 56 valence electrons. The van der Waals surface area contributed by atoms with Gasteiger partial charge < -0.3 is 0 Å². The second kappa shape index (κ2) is 54.4. The van der Waals surface area contributed by atoms with Gasteiger partial charge in [0, 0.05) is 119 Å². The molecule has 7 heteroatoms. The molecule has 0 N–H and O–H groups in total. The van der Waals surface area contributed by atoms with E-state index in [1.165, 1.54) is 0 Å². The van der Waals surface area contributed by atoms with Crippen molar-refractivity contribution in [1.82, 2.24) is 0 Å². The van der Waals surface area contributed by atoms with Crippen LogP contribution in [0, 0.1) is 0 Å². The van der Waals surface area contributed by atoms with Crippen LogP contribution in [0.1, 0.15) is 0 Å². The number of rotatable bonds is 0. The zero-order valence-electron chi connectivity index (χ0n) is 2.47. The van der Waals surface area contributed by atoms with Gasteiger partial charge >= 0.3 is 0 Å². The van der Waals surface area contributed by atoms with Crippen molar-refractivity contribution in [3.05, 3.63) is 0 Å². The minimum absolute atomic E-state index is 0. The summed E-state index contributed by atoms with van der Waals surface area (Å²) in [5, 5.41) is 0. The van der Waals surface area contributed by atoms with Gasteiger partial charge in [-0.1, -0.05) is 0 Å². The van der Waals surface area contributed by atoms with Crippen LogP contribution in [-0.4, -0.2) is 0 Å². The summed E-state index contributed by atoms with van der Waals surface area (Å²) in [4.78, 5) is 0. The fraction of sp³-hybridized carbons (Fsp3) is 0. The molecule has 0 saturated heterocycles. The quantitative estimate of drug-likeness (QED) is 0.510. The van der Waals surface area contributed by atoms with Crippen molar-refractivity contribution in [3.8, 4) is 0 Å². The maximum Gasteiger partial charge on any atom is 0 e. The van der Waals surface area contributed by atoms with Crippen LogP contribution in [0.2, 0.25) is 0 Å². The molecule has 0 heterocycles. The molecule has 0 aromatic rings. The monoisotopic (exact) mass is 392 g/mol. The van der Waals surface area contributed by atoms with Gasteiger partial charge in [0.25, 0.3) is 0 Å². The third-order valence-electron chi connectivity index (χ3n) is 0. The summed E-state index contributed by atoms with van der Waals surface area (Å²) < 4.78 is 0. The van der Waals surface area contributed by atoms with E-state index in [1.54, 1.807) is 0 Å². The molecule has 0 aliphatic heterocycles. The standard InChI is InChI=1S/7Fe. The largest absolute Gasteiger partial charge is 0 e. The van der Waals surface area contributed by atoms with Gasteiger partial charge in [0.05, 0.1) is 0 Å². The van der Waals surface area contributed by atoms with E-state index in [1.807, 2.05) is 0 Å². The molecule has 0 saturated carbocycles. The molecule has 0 aromatic carbocycles. The van der Waals surface area contributed by atoms with Crippen molar-refractivity contribution < 1.29 is 119 Å². The summed E-state index contributed by atoms with van der Waals surface area (Å²) in [6.45, 7) is 0. The van der Waals surface area contributed by atoms with E-state index in [0.29, 0.717) is 0 Å². The van der Waals surface area contributed by atoms with E-state index in [0.717, 1.165) is 0 Å². The summed E-state index contributed by atoms with van der Waals surface area (Å²) in [5.41, 5.74) is 0. The molecule has 0 aliphatic rings. The summed E-state index contributed by atoms with van der Waals surface area (Å²) in [6.07, 6.45) is 0. The van der Waals surface area contributed by atoms with Crippen LogP contribution in [0.25, 0.3) is 0 Å². The third kappa shape index (κ3) is 42.5.